The number of carboxylic acid groups (broad SMARTS) is 1. The van der Waals surface area contributed by atoms with Crippen molar-refractivity contribution in [1.29, 1.82) is 0 Å². The van der Waals surface area contributed by atoms with Crippen molar-refractivity contribution in [3.8, 4) is 0 Å². The van der Waals surface area contributed by atoms with Gasteiger partial charge in [0.15, 0.2) is 0 Å². The van der Waals surface area contributed by atoms with Crippen LogP contribution in [0.3, 0.4) is 0 Å². The minimum Gasteiger partial charge on any atom is -0.480 e. The molecule has 0 bridgehead atoms. The fourth-order valence-electron chi connectivity index (χ4n) is 2.61. The van der Waals surface area contributed by atoms with E-state index < -0.39 is 12.0 Å². The van der Waals surface area contributed by atoms with Crippen LogP contribution in [0.1, 0.15) is 44.1 Å². The Morgan fingerprint density at radius 1 is 1.42 bits per heavy atom. The highest BCUT2D eigenvalue weighted by molar-refractivity contribution is 6.30. The molecule has 1 atom stereocenters. The summed E-state index contributed by atoms with van der Waals surface area (Å²) in [4.78, 5) is 11.1. The number of carboxylic acids is 1. The van der Waals surface area contributed by atoms with Crippen LogP contribution in [-0.4, -0.2) is 23.2 Å². The van der Waals surface area contributed by atoms with Crippen LogP contribution in [0, 0.1) is 0 Å². The molecular weight excluding hydrogens is 262 g/mol. The zero-order valence-electron chi connectivity index (χ0n) is 11.1. The third-order valence-electron chi connectivity index (χ3n) is 3.79. The largest absolute Gasteiger partial charge is 0.480 e. The molecule has 104 valence electrons. The summed E-state index contributed by atoms with van der Waals surface area (Å²) < 4.78 is 0. The van der Waals surface area contributed by atoms with Crippen LogP contribution in [-0.2, 0) is 4.79 Å². The fourth-order valence-corrected chi connectivity index (χ4v) is 2.74. The first-order valence-corrected chi connectivity index (χ1v) is 7.22. The maximum Gasteiger partial charge on any atom is 0.320 e. The Morgan fingerprint density at radius 2 is 2.05 bits per heavy atom. The SMILES string of the molecule is CCCC(NC1CC(c2ccc(Cl)cc2)C1)C(=O)O. The summed E-state index contributed by atoms with van der Waals surface area (Å²) in [6, 6.07) is 7.87. The van der Waals surface area contributed by atoms with Crippen molar-refractivity contribution in [3.05, 3.63) is 34.9 Å². The van der Waals surface area contributed by atoms with E-state index in [0.29, 0.717) is 18.4 Å². The fraction of sp³-hybridized carbons (Fsp3) is 0.533. The zero-order valence-corrected chi connectivity index (χ0v) is 11.9. The Hall–Kier alpha value is -1.06. The van der Waals surface area contributed by atoms with E-state index in [1.807, 2.05) is 19.1 Å². The third-order valence-corrected chi connectivity index (χ3v) is 4.04. The summed E-state index contributed by atoms with van der Waals surface area (Å²) in [5.41, 5.74) is 1.30. The molecule has 1 aliphatic carbocycles. The molecule has 1 aliphatic rings. The number of hydrogen-bond acceptors (Lipinski definition) is 2. The molecule has 0 aromatic heterocycles. The standard InChI is InChI=1S/C15H20ClNO2/c1-2-3-14(15(18)19)17-13-8-11(9-13)10-4-6-12(16)7-5-10/h4-7,11,13-14,17H,2-3,8-9H2,1H3,(H,18,19). The van der Waals surface area contributed by atoms with Gasteiger partial charge in [-0.25, -0.2) is 0 Å². The molecule has 2 N–H and O–H groups in total. The molecule has 1 aromatic carbocycles. The van der Waals surface area contributed by atoms with E-state index in [1.165, 1.54) is 5.56 Å². The third kappa shape index (κ3) is 3.71. The number of nitrogens with one attached hydrogen (secondary N) is 1. The summed E-state index contributed by atoms with van der Waals surface area (Å²) in [6.45, 7) is 2.01. The number of benzene rings is 1. The minimum atomic E-state index is -0.739. The van der Waals surface area contributed by atoms with E-state index in [1.54, 1.807) is 0 Å². The van der Waals surface area contributed by atoms with Crippen LogP contribution >= 0.6 is 11.6 Å². The number of halogens is 1. The van der Waals surface area contributed by atoms with Crippen molar-refractivity contribution in [2.45, 2.75) is 50.6 Å². The first-order chi connectivity index (χ1) is 9.10. The van der Waals surface area contributed by atoms with E-state index in [4.69, 9.17) is 16.7 Å². The molecule has 3 nitrogen and oxygen atoms in total. The quantitative estimate of drug-likeness (QED) is 0.840. The van der Waals surface area contributed by atoms with E-state index in [-0.39, 0.29) is 0 Å². The molecule has 1 saturated carbocycles. The van der Waals surface area contributed by atoms with Gasteiger partial charge in [0.1, 0.15) is 6.04 Å². The molecule has 0 radical (unpaired) electrons. The molecule has 2 rings (SSSR count). The monoisotopic (exact) mass is 281 g/mol. The Morgan fingerprint density at radius 3 is 2.58 bits per heavy atom. The van der Waals surface area contributed by atoms with E-state index >= 15 is 0 Å². The highest BCUT2D eigenvalue weighted by atomic mass is 35.5. The van der Waals surface area contributed by atoms with E-state index in [0.717, 1.165) is 24.3 Å². The average molecular weight is 282 g/mol. The van der Waals surface area contributed by atoms with Crippen molar-refractivity contribution in [2.24, 2.45) is 0 Å². The molecule has 0 heterocycles. The van der Waals surface area contributed by atoms with Gasteiger partial charge >= 0.3 is 5.97 Å². The van der Waals surface area contributed by atoms with Crippen LogP contribution in [0.25, 0.3) is 0 Å². The van der Waals surface area contributed by atoms with Crippen LogP contribution < -0.4 is 5.32 Å². The van der Waals surface area contributed by atoms with Crippen LogP contribution in [0.15, 0.2) is 24.3 Å². The predicted molar refractivity (Wildman–Crippen MR) is 76.7 cm³/mol. The molecule has 1 unspecified atom stereocenters. The molecule has 0 saturated heterocycles. The first kappa shape index (κ1) is 14.4. The number of aliphatic carboxylic acids is 1. The zero-order chi connectivity index (χ0) is 13.8. The molecule has 0 aliphatic heterocycles. The predicted octanol–water partition coefficient (Wildman–Crippen LogP) is 3.43. The van der Waals surface area contributed by atoms with Crippen molar-refractivity contribution >= 4 is 17.6 Å². The Labute approximate surface area is 119 Å². The lowest BCUT2D eigenvalue weighted by Crippen LogP contribution is -2.48. The summed E-state index contributed by atoms with van der Waals surface area (Å²) in [5, 5.41) is 13.1. The molecule has 19 heavy (non-hydrogen) atoms. The van der Waals surface area contributed by atoms with Crippen molar-refractivity contribution in [2.75, 3.05) is 0 Å². The smallest absolute Gasteiger partial charge is 0.320 e. The van der Waals surface area contributed by atoms with E-state index in [9.17, 15) is 4.79 Å². The molecule has 4 heteroatoms. The lowest BCUT2D eigenvalue weighted by molar-refractivity contribution is -0.140. The summed E-state index contributed by atoms with van der Waals surface area (Å²) in [5.74, 6) is -0.206. The van der Waals surface area contributed by atoms with Crippen LogP contribution in [0.5, 0.6) is 0 Å². The maximum absolute atomic E-state index is 11.1. The Balaban J connectivity index is 1.82. The van der Waals surface area contributed by atoms with Gasteiger partial charge in [0.25, 0.3) is 0 Å². The highest BCUT2D eigenvalue weighted by Crippen LogP contribution is 2.37. The van der Waals surface area contributed by atoms with Crippen molar-refractivity contribution < 1.29 is 9.90 Å². The van der Waals surface area contributed by atoms with Gasteiger partial charge in [-0.3, -0.25) is 4.79 Å². The first-order valence-electron chi connectivity index (χ1n) is 6.84. The van der Waals surface area contributed by atoms with Crippen molar-refractivity contribution in [3.63, 3.8) is 0 Å². The Kier molecular flexibility index (Phi) is 4.83. The second-order valence-corrected chi connectivity index (χ2v) is 5.70. The van der Waals surface area contributed by atoms with Crippen LogP contribution in [0.2, 0.25) is 5.02 Å². The van der Waals surface area contributed by atoms with Gasteiger partial charge in [-0.15, -0.1) is 0 Å². The van der Waals surface area contributed by atoms with Gasteiger partial charge in [0.2, 0.25) is 0 Å². The van der Waals surface area contributed by atoms with Gasteiger partial charge in [-0.1, -0.05) is 37.1 Å². The maximum atomic E-state index is 11.1. The summed E-state index contributed by atoms with van der Waals surface area (Å²) in [6.07, 6.45) is 3.60. The lowest BCUT2D eigenvalue weighted by Gasteiger charge is -2.38. The van der Waals surface area contributed by atoms with Gasteiger partial charge in [0.05, 0.1) is 0 Å². The number of rotatable bonds is 6. The van der Waals surface area contributed by atoms with Gasteiger partial charge in [-0.05, 0) is 42.9 Å². The minimum absolute atomic E-state index is 0.327. The van der Waals surface area contributed by atoms with Gasteiger partial charge in [-0.2, -0.15) is 0 Å². The second kappa shape index (κ2) is 6.40. The number of hydrogen-bond donors (Lipinski definition) is 2. The van der Waals surface area contributed by atoms with Gasteiger partial charge in [0, 0.05) is 11.1 Å². The average Bonchev–Trinajstić information content (AvgIpc) is 2.33. The summed E-state index contributed by atoms with van der Waals surface area (Å²) >= 11 is 5.87. The summed E-state index contributed by atoms with van der Waals surface area (Å²) in [7, 11) is 0. The normalized spacial score (nSPS) is 23.7. The topological polar surface area (TPSA) is 49.3 Å². The molecular formula is C15H20ClNO2. The Bertz CT molecular complexity index is 426. The second-order valence-electron chi connectivity index (χ2n) is 5.26. The lowest BCUT2D eigenvalue weighted by atomic mass is 9.75. The molecule has 0 amide bonds. The van der Waals surface area contributed by atoms with Crippen molar-refractivity contribution in [1.82, 2.24) is 5.32 Å². The van der Waals surface area contributed by atoms with Crippen LogP contribution in [0.4, 0.5) is 0 Å². The number of carbonyl (C=O) groups is 1. The molecule has 1 fully saturated rings. The highest BCUT2D eigenvalue weighted by Gasteiger charge is 2.32. The van der Waals surface area contributed by atoms with E-state index in [2.05, 4.69) is 17.4 Å². The molecule has 0 spiro atoms. The van der Waals surface area contributed by atoms with Gasteiger partial charge < -0.3 is 10.4 Å². The molecule has 1 aromatic rings.